The lowest BCUT2D eigenvalue weighted by atomic mass is 9.94. The van der Waals surface area contributed by atoms with Gasteiger partial charge < -0.3 is 0 Å². The van der Waals surface area contributed by atoms with Crippen LogP contribution in [0.3, 0.4) is 0 Å². The molecule has 0 bridgehead atoms. The monoisotopic (exact) mass is 394 g/mol. The second-order valence-electron chi connectivity index (χ2n) is 7.79. The molecular formula is C29H30O. The Balaban J connectivity index is 1.59. The molecule has 3 aromatic carbocycles. The molecule has 0 aliphatic rings. The minimum absolute atomic E-state index is 0.0286. The first-order valence-electron chi connectivity index (χ1n) is 10.7. The fourth-order valence-corrected chi connectivity index (χ4v) is 3.70. The van der Waals surface area contributed by atoms with E-state index in [2.05, 4.69) is 68.1 Å². The molecule has 0 aliphatic carbocycles. The van der Waals surface area contributed by atoms with Crippen molar-refractivity contribution in [2.75, 3.05) is 0 Å². The molecule has 0 spiro atoms. The number of carbonyl (C=O) groups is 1. The molecule has 0 saturated carbocycles. The summed E-state index contributed by atoms with van der Waals surface area (Å²) in [6, 6.07) is 20.7. The zero-order valence-corrected chi connectivity index (χ0v) is 18.0. The molecule has 0 aliphatic heterocycles. The molecule has 0 atom stereocenters. The van der Waals surface area contributed by atoms with Gasteiger partial charge in [-0.25, -0.2) is 0 Å². The molecule has 0 saturated heterocycles. The zero-order chi connectivity index (χ0) is 21.3. The molecule has 0 unspecified atom stereocenters. The lowest BCUT2D eigenvalue weighted by molar-refractivity contribution is 0.103. The molecule has 30 heavy (non-hydrogen) atoms. The van der Waals surface area contributed by atoms with Crippen LogP contribution in [0, 0.1) is 6.92 Å². The second-order valence-corrected chi connectivity index (χ2v) is 7.79. The number of hydrogen-bond donors (Lipinski definition) is 0. The van der Waals surface area contributed by atoms with Crippen molar-refractivity contribution in [2.24, 2.45) is 0 Å². The molecule has 3 aromatic rings. The maximum atomic E-state index is 13.0. The van der Waals surface area contributed by atoms with E-state index in [0.717, 1.165) is 41.3 Å². The summed E-state index contributed by atoms with van der Waals surface area (Å²) in [7, 11) is 0. The van der Waals surface area contributed by atoms with E-state index in [1.54, 1.807) is 0 Å². The van der Waals surface area contributed by atoms with Crippen molar-refractivity contribution >= 4 is 16.6 Å². The van der Waals surface area contributed by atoms with Crippen LogP contribution in [0.2, 0.25) is 0 Å². The van der Waals surface area contributed by atoms with E-state index in [-0.39, 0.29) is 5.78 Å². The van der Waals surface area contributed by atoms with E-state index in [4.69, 9.17) is 0 Å². The molecule has 1 heteroatoms. The van der Waals surface area contributed by atoms with Gasteiger partial charge in [0.05, 0.1) is 0 Å². The van der Waals surface area contributed by atoms with Crippen LogP contribution in [0.1, 0.15) is 46.8 Å². The average Bonchev–Trinajstić information content (AvgIpc) is 2.76. The van der Waals surface area contributed by atoms with Gasteiger partial charge in [-0.2, -0.15) is 0 Å². The molecule has 152 valence electrons. The average molecular weight is 395 g/mol. The molecular weight excluding hydrogens is 364 g/mol. The maximum absolute atomic E-state index is 13.0. The molecule has 0 amide bonds. The summed E-state index contributed by atoms with van der Waals surface area (Å²) in [6.45, 7) is 8.16. The Morgan fingerprint density at radius 2 is 1.70 bits per heavy atom. The number of carbonyl (C=O) groups excluding carboxylic acids is 1. The maximum Gasteiger partial charge on any atom is 0.188 e. The normalized spacial score (nSPS) is 11.5. The van der Waals surface area contributed by atoms with Crippen molar-refractivity contribution in [3.8, 4) is 0 Å². The number of allylic oxidation sites excluding steroid dienone is 5. The Morgan fingerprint density at radius 1 is 0.967 bits per heavy atom. The number of ketones is 1. The third-order valence-corrected chi connectivity index (χ3v) is 5.37. The van der Waals surface area contributed by atoms with Crippen LogP contribution in [0.4, 0.5) is 0 Å². The van der Waals surface area contributed by atoms with Crippen molar-refractivity contribution < 1.29 is 4.79 Å². The van der Waals surface area contributed by atoms with Crippen molar-refractivity contribution in [1.29, 1.82) is 0 Å². The Kier molecular flexibility index (Phi) is 7.57. The summed E-state index contributed by atoms with van der Waals surface area (Å²) < 4.78 is 0. The largest absolute Gasteiger partial charge is 0.289 e. The van der Waals surface area contributed by atoms with Gasteiger partial charge >= 0.3 is 0 Å². The van der Waals surface area contributed by atoms with Crippen molar-refractivity contribution in [3.05, 3.63) is 119 Å². The lowest BCUT2D eigenvalue weighted by Gasteiger charge is -2.09. The molecule has 0 radical (unpaired) electrons. The second kappa shape index (κ2) is 10.5. The first-order chi connectivity index (χ1) is 14.6. The lowest BCUT2D eigenvalue weighted by Crippen LogP contribution is -2.06. The summed E-state index contributed by atoms with van der Waals surface area (Å²) in [5, 5.41) is 2.28. The van der Waals surface area contributed by atoms with E-state index >= 15 is 0 Å². The number of Topliss-reactive ketones (excluding diaryl/α,β-unsaturated/α-hetero) is 1. The van der Waals surface area contributed by atoms with Crippen LogP contribution in [0.5, 0.6) is 0 Å². The predicted octanol–water partition coefficient (Wildman–Crippen LogP) is 7.58. The first-order valence-corrected chi connectivity index (χ1v) is 10.7. The van der Waals surface area contributed by atoms with Crippen LogP contribution >= 0.6 is 0 Å². The number of rotatable bonds is 9. The minimum Gasteiger partial charge on any atom is -0.289 e. The first kappa shape index (κ1) is 21.5. The Bertz CT molecular complexity index is 1080. The Labute approximate surface area is 180 Å². The molecule has 0 fully saturated rings. The van der Waals surface area contributed by atoms with Gasteiger partial charge in [0, 0.05) is 12.0 Å². The van der Waals surface area contributed by atoms with E-state index < -0.39 is 0 Å². The number of benzene rings is 3. The van der Waals surface area contributed by atoms with Crippen LogP contribution in [-0.4, -0.2) is 5.78 Å². The Morgan fingerprint density at radius 3 is 2.47 bits per heavy atom. The van der Waals surface area contributed by atoms with Gasteiger partial charge in [0.25, 0.3) is 0 Å². The number of unbranched alkanes of at least 4 members (excludes halogenated alkanes) is 1. The summed E-state index contributed by atoms with van der Waals surface area (Å²) >= 11 is 0. The highest BCUT2D eigenvalue weighted by molar-refractivity contribution is 6.10. The van der Waals surface area contributed by atoms with Crippen molar-refractivity contribution in [3.63, 3.8) is 0 Å². The highest BCUT2D eigenvalue weighted by Gasteiger charge is 2.13. The minimum atomic E-state index is 0.0286. The SMILES string of the molecule is C=C(Cc1ccc(CCC/C=C\C=C/C)cc1)C(=O)c1cc(C)c2ccccc2c1. The zero-order valence-electron chi connectivity index (χ0n) is 18.0. The molecule has 0 heterocycles. The standard InChI is InChI=1S/C29H30O/c1-4-5-6-7-8-9-12-24-15-17-25(18-16-24)19-23(3)29(30)27-20-22(2)28-14-11-10-13-26(28)21-27/h4-7,10-11,13-18,20-21H,3,8-9,12,19H2,1-2H3/b5-4-,7-6-. The smallest absolute Gasteiger partial charge is 0.188 e. The highest BCUT2D eigenvalue weighted by atomic mass is 16.1. The molecule has 3 rings (SSSR count). The van der Waals surface area contributed by atoms with Crippen molar-refractivity contribution in [2.45, 2.75) is 39.5 Å². The molecule has 1 nitrogen and oxygen atoms in total. The summed E-state index contributed by atoms with van der Waals surface area (Å²) in [6.07, 6.45) is 12.3. The summed E-state index contributed by atoms with van der Waals surface area (Å²) in [5.41, 5.74) is 4.93. The van der Waals surface area contributed by atoms with Gasteiger partial charge in [0.15, 0.2) is 5.78 Å². The third-order valence-electron chi connectivity index (χ3n) is 5.37. The van der Waals surface area contributed by atoms with Crippen LogP contribution in [0.15, 0.2) is 97.1 Å². The van der Waals surface area contributed by atoms with Gasteiger partial charge in [0.2, 0.25) is 0 Å². The van der Waals surface area contributed by atoms with Gasteiger partial charge in [-0.1, -0.05) is 79.4 Å². The van der Waals surface area contributed by atoms with Gasteiger partial charge in [0.1, 0.15) is 0 Å². The topological polar surface area (TPSA) is 17.1 Å². The van der Waals surface area contributed by atoms with E-state index in [0.29, 0.717) is 12.0 Å². The van der Waals surface area contributed by atoms with Gasteiger partial charge in [-0.3, -0.25) is 4.79 Å². The molecule has 0 N–H and O–H groups in total. The van der Waals surface area contributed by atoms with E-state index in [9.17, 15) is 4.79 Å². The van der Waals surface area contributed by atoms with E-state index in [1.165, 1.54) is 10.9 Å². The van der Waals surface area contributed by atoms with E-state index in [1.807, 2.05) is 37.3 Å². The van der Waals surface area contributed by atoms with Crippen molar-refractivity contribution in [1.82, 2.24) is 0 Å². The third kappa shape index (κ3) is 5.67. The fraction of sp³-hybridized carbons (Fsp3) is 0.207. The predicted molar refractivity (Wildman–Crippen MR) is 129 cm³/mol. The fourth-order valence-electron chi connectivity index (χ4n) is 3.70. The number of hydrogen-bond acceptors (Lipinski definition) is 1. The molecule has 0 aromatic heterocycles. The number of aryl methyl sites for hydroxylation is 2. The quantitative estimate of drug-likeness (QED) is 0.158. The van der Waals surface area contributed by atoms with Gasteiger partial charge in [-0.05, 0) is 78.3 Å². The van der Waals surface area contributed by atoms with Crippen LogP contribution < -0.4 is 0 Å². The Hall–Kier alpha value is -3.19. The summed E-state index contributed by atoms with van der Waals surface area (Å²) in [5.74, 6) is 0.0286. The number of fused-ring (bicyclic) bond motifs is 1. The van der Waals surface area contributed by atoms with Crippen LogP contribution in [-0.2, 0) is 12.8 Å². The summed E-state index contributed by atoms with van der Waals surface area (Å²) in [4.78, 5) is 13.0. The highest BCUT2D eigenvalue weighted by Crippen LogP contribution is 2.23. The van der Waals surface area contributed by atoms with Gasteiger partial charge in [-0.15, -0.1) is 0 Å². The van der Waals surface area contributed by atoms with Crippen LogP contribution in [0.25, 0.3) is 10.8 Å².